The van der Waals surface area contributed by atoms with Gasteiger partial charge in [0.1, 0.15) is 5.56 Å². The van der Waals surface area contributed by atoms with Gasteiger partial charge in [-0.05, 0) is 39.0 Å². The number of aromatic nitrogens is 2. The van der Waals surface area contributed by atoms with Crippen LogP contribution in [0.3, 0.4) is 0 Å². The van der Waals surface area contributed by atoms with Gasteiger partial charge in [-0.3, -0.25) is 0 Å². The minimum Gasteiger partial charge on any atom is -0.462 e. The number of carbonyl (C=O) groups excluding carboxylic acids is 1. The number of aryl methyl sites for hydroxylation is 2. The molecule has 0 spiro atoms. The van der Waals surface area contributed by atoms with Crippen molar-refractivity contribution in [1.29, 1.82) is 0 Å². The molecule has 0 bridgehead atoms. The van der Waals surface area contributed by atoms with Gasteiger partial charge in [-0.15, -0.1) is 0 Å². The average Bonchev–Trinajstić information content (AvgIpc) is 2.93. The Hall–Kier alpha value is -2.59. The molecule has 0 aliphatic carbocycles. The van der Waals surface area contributed by atoms with Crippen LogP contribution >= 0.6 is 11.6 Å². The first-order valence-electron chi connectivity index (χ1n) is 8.11. The topological polar surface area (TPSA) is 44.1 Å². The van der Waals surface area contributed by atoms with Gasteiger partial charge in [0, 0.05) is 10.6 Å². The van der Waals surface area contributed by atoms with Crippen LogP contribution in [0.1, 0.15) is 28.5 Å². The van der Waals surface area contributed by atoms with E-state index in [2.05, 4.69) is 5.10 Å². The zero-order valence-corrected chi connectivity index (χ0v) is 15.2. The van der Waals surface area contributed by atoms with E-state index in [0.29, 0.717) is 28.6 Å². The molecular formula is C20H19ClN2O2. The number of ether oxygens (including phenoxy) is 1. The number of esters is 1. The molecule has 3 rings (SSSR count). The quantitative estimate of drug-likeness (QED) is 0.620. The molecule has 0 saturated carbocycles. The highest BCUT2D eigenvalue weighted by atomic mass is 35.5. The second-order valence-electron chi connectivity index (χ2n) is 5.79. The van der Waals surface area contributed by atoms with Gasteiger partial charge in [-0.1, -0.05) is 47.5 Å². The normalized spacial score (nSPS) is 10.7. The van der Waals surface area contributed by atoms with Crippen molar-refractivity contribution in [3.63, 3.8) is 0 Å². The van der Waals surface area contributed by atoms with Gasteiger partial charge in [0.2, 0.25) is 0 Å². The minimum atomic E-state index is -0.371. The lowest BCUT2D eigenvalue weighted by Crippen LogP contribution is -2.08. The standard InChI is InChI=1S/C20H19ClN2O2/c1-4-25-20(24)18-14(3)22-23(17-7-5-6-16(21)12-17)19(18)15-10-8-13(2)9-11-15/h5-12H,4H2,1-3H3. The summed E-state index contributed by atoms with van der Waals surface area (Å²) in [6.07, 6.45) is 0. The molecule has 0 atom stereocenters. The molecule has 25 heavy (non-hydrogen) atoms. The zero-order valence-electron chi connectivity index (χ0n) is 14.4. The van der Waals surface area contributed by atoms with E-state index in [1.54, 1.807) is 17.7 Å². The van der Waals surface area contributed by atoms with E-state index in [0.717, 1.165) is 16.8 Å². The second kappa shape index (κ2) is 7.11. The van der Waals surface area contributed by atoms with E-state index in [1.165, 1.54) is 0 Å². The Balaban J connectivity index is 2.27. The van der Waals surface area contributed by atoms with Crippen LogP contribution in [0.4, 0.5) is 0 Å². The molecule has 3 aromatic rings. The predicted molar refractivity (Wildman–Crippen MR) is 99.4 cm³/mol. The van der Waals surface area contributed by atoms with Gasteiger partial charge in [-0.25, -0.2) is 9.48 Å². The summed E-state index contributed by atoms with van der Waals surface area (Å²) in [5, 5.41) is 5.19. The molecule has 0 fully saturated rings. The van der Waals surface area contributed by atoms with Gasteiger partial charge in [0.15, 0.2) is 0 Å². The van der Waals surface area contributed by atoms with Gasteiger partial charge < -0.3 is 4.74 Å². The summed E-state index contributed by atoms with van der Waals surface area (Å²) in [6.45, 7) is 5.94. The van der Waals surface area contributed by atoms with Gasteiger partial charge in [0.05, 0.1) is 23.7 Å². The Morgan fingerprint density at radius 1 is 1.16 bits per heavy atom. The van der Waals surface area contributed by atoms with Crippen molar-refractivity contribution in [3.05, 3.63) is 70.4 Å². The number of rotatable bonds is 4. The highest BCUT2D eigenvalue weighted by Crippen LogP contribution is 2.30. The molecule has 5 heteroatoms. The Morgan fingerprint density at radius 3 is 2.52 bits per heavy atom. The van der Waals surface area contributed by atoms with Crippen molar-refractivity contribution in [1.82, 2.24) is 9.78 Å². The molecule has 0 aliphatic rings. The number of halogens is 1. The molecule has 1 aromatic heterocycles. The maximum atomic E-state index is 12.5. The van der Waals surface area contributed by atoms with Gasteiger partial charge >= 0.3 is 5.97 Å². The summed E-state index contributed by atoms with van der Waals surface area (Å²) < 4.78 is 7.00. The Morgan fingerprint density at radius 2 is 1.88 bits per heavy atom. The first kappa shape index (κ1) is 17.2. The summed E-state index contributed by atoms with van der Waals surface area (Å²) in [4.78, 5) is 12.5. The Kier molecular flexibility index (Phi) is 4.91. The second-order valence-corrected chi connectivity index (χ2v) is 6.22. The van der Waals surface area contributed by atoms with E-state index in [-0.39, 0.29) is 5.97 Å². The van der Waals surface area contributed by atoms with E-state index in [4.69, 9.17) is 16.3 Å². The van der Waals surface area contributed by atoms with Crippen LogP contribution in [0.25, 0.3) is 16.9 Å². The smallest absolute Gasteiger partial charge is 0.342 e. The van der Waals surface area contributed by atoms with Crippen LogP contribution in [0, 0.1) is 13.8 Å². The molecule has 4 nitrogen and oxygen atoms in total. The van der Waals surface area contributed by atoms with Crippen LogP contribution in [-0.4, -0.2) is 22.4 Å². The van der Waals surface area contributed by atoms with Crippen LogP contribution in [0.15, 0.2) is 48.5 Å². The molecule has 0 amide bonds. The maximum absolute atomic E-state index is 12.5. The fourth-order valence-electron chi connectivity index (χ4n) is 2.75. The van der Waals surface area contributed by atoms with Crippen molar-refractivity contribution in [2.24, 2.45) is 0 Å². The van der Waals surface area contributed by atoms with Crippen molar-refractivity contribution in [2.45, 2.75) is 20.8 Å². The molecule has 0 unspecified atom stereocenters. The average molecular weight is 355 g/mol. The summed E-state index contributed by atoms with van der Waals surface area (Å²) in [6, 6.07) is 15.4. The lowest BCUT2D eigenvalue weighted by Gasteiger charge is -2.10. The highest BCUT2D eigenvalue weighted by Gasteiger charge is 2.24. The number of benzene rings is 2. The monoisotopic (exact) mass is 354 g/mol. The van der Waals surface area contributed by atoms with Crippen molar-refractivity contribution in [3.8, 4) is 16.9 Å². The van der Waals surface area contributed by atoms with E-state index in [9.17, 15) is 4.79 Å². The number of hydrogen-bond donors (Lipinski definition) is 0. The molecule has 1 heterocycles. The summed E-state index contributed by atoms with van der Waals surface area (Å²) in [7, 11) is 0. The van der Waals surface area contributed by atoms with Gasteiger partial charge in [-0.2, -0.15) is 5.10 Å². The first-order chi connectivity index (χ1) is 12.0. The van der Waals surface area contributed by atoms with Crippen LogP contribution in [-0.2, 0) is 4.74 Å². The van der Waals surface area contributed by atoms with Gasteiger partial charge in [0.25, 0.3) is 0 Å². The third kappa shape index (κ3) is 3.44. The van der Waals surface area contributed by atoms with Crippen molar-refractivity contribution in [2.75, 3.05) is 6.61 Å². The largest absolute Gasteiger partial charge is 0.462 e. The van der Waals surface area contributed by atoms with Crippen molar-refractivity contribution < 1.29 is 9.53 Å². The summed E-state index contributed by atoms with van der Waals surface area (Å²) in [5.74, 6) is -0.371. The SMILES string of the molecule is CCOC(=O)c1c(C)nn(-c2cccc(Cl)c2)c1-c1ccc(C)cc1. The summed E-state index contributed by atoms with van der Waals surface area (Å²) in [5.41, 5.74) is 4.64. The Labute approximate surface area is 152 Å². The first-order valence-corrected chi connectivity index (χ1v) is 8.48. The Bertz CT molecular complexity index is 914. The lowest BCUT2D eigenvalue weighted by atomic mass is 10.0. The molecule has 128 valence electrons. The summed E-state index contributed by atoms with van der Waals surface area (Å²) >= 11 is 6.14. The van der Waals surface area contributed by atoms with Crippen molar-refractivity contribution >= 4 is 17.6 Å². The van der Waals surface area contributed by atoms with Crippen LogP contribution in [0.5, 0.6) is 0 Å². The molecule has 0 saturated heterocycles. The van der Waals surface area contributed by atoms with E-state index in [1.807, 2.05) is 56.3 Å². The molecular weight excluding hydrogens is 336 g/mol. The lowest BCUT2D eigenvalue weighted by molar-refractivity contribution is 0.0526. The highest BCUT2D eigenvalue weighted by molar-refractivity contribution is 6.30. The molecule has 2 aromatic carbocycles. The number of nitrogens with zero attached hydrogens (tertiary/aromatic N) is 2. The fraction of sp³-hybridized carbons (Fsp3) is 0.200. The number of hydrogen-bond acceptors (Lipinski definition) is 3. The molecule has 0 radical (unpaired) electrons. The van der Waals surface area contributed by atoms with Crippen LogP contribution in [0.2, 0.25) is 5.02 Å². The van der Waals surface area contributed by atoms with Crippen LogP contribution < -0.4 is 0 Å². The van der Waals surface area contributed by atoms with E-state index >= 15 is 0 Å². The third-order valence-corrected chi connectivity index (χ3v) is 4.15. The molecule has 0 N–H and O–H groups in total. The molecule has 0 aliphatic heterocycles. The third-order valence-electron chi connectivity index (χ3n) is 3.92. The minimum absolute atomic E-state index is 0.313. The van der Waals surface area contributed by atoms with E-state index < -0.39 is 0 Å². The zero-order chi connectivity index (χ0) is 18.0. The fourth-order valence-corrected chi connectivity index (χ4v) is 2.93. The maximum Gasteiger partial charge on any atom is 0.342 e. The number of carbonyl (C=O) groups is 1. The predicted octanol–water partition coefficient (Wildman–Crippen LogP) is 4.99.